The van der Waals surface area contributed by atoms with Crippen molar-refractivity contribution in [1.29, 1.82) is 0 Å². The molecule has 3 aromatic heterocycles. The Morgan fingerprint density at radius 3 is 1.09 bits per heavy atom. The maximum absolute atomic E-state index is 11.9. The van der Waals surface area contributed by atoms with Gasteiger partial charge in [-0.1, -0.05) is 272 Å². The van der Waals surface area contributed by atoms with Gasteiger partial charge < -0.3 is 23.4 Å². The zero-order valence-corrected chi connectivity index (χ0v) is 58.0. The lowest BCUT2D eigenvalue weighted by molar-refractivity contribution is 0.590. The van der Waals surface area contributed by atoms with Gasteiger partial charge in [0.25, 0.3) is 6.71 Å². The molecule has 2 aliphatic heterocycles. The lowest BCUT2D eigenvalue weighted by Crippen LogP contribution is -2.61. The highest BCUT2D eigenvalue weighted by atomic mass is 16.3. The number of nitrogens with zero attached hydrogens (tertiary/aromatic N) is 4. The van der Waals surface area contributed by atoms with Crippen molar-refractivity contribution in [3.05, 3.63) is 355 Å². The fraction of sp³-hybridized carbons (Fsp3) is 0.0909. The number of furan rings is 1. The molecule has 18 aromatic rings. The second-order valence-electron chi connectivity index (χ2n) is 29.1. The van der Waals surface area contributed by atoms with Gasteiger partial charge in [-0.15, -0.1) is 0 Å². The average Bonchev–Trinajstić information content (AvgIpc) is 1.66. The SMILES string of the molecule is [2H]c1c([2H])c(-n2c3c([2H])c([2H])c([2H])c([2H])c3c3c([2H])c([2H])c([2H])c([2H])c32)c([2H])c2c1B1c3c(cc(Cc4ccc5oc6ccccc6c5c4)cc3N(c3c(-c4ccccc4)cc(C(C)(C)C)cc3-c3ccccc3)c3c([2H])c(-n4c5c([2H])c([2H])c([2H])c([2H])c5c5c([2H])c([2H])c([2H])c([2H])c54)c([2H])c([2H])c31)N2c1c(-c2ccccc2)cc(C(C)(C)C)cc1-c1ccccc1. The molecule has 20 rings (SSSR count). The first-order chi connectivity index (χ1) is 60.5. The molecule has 15 aromatic carbocycles. The van der Waals surface area contributed by atoms with E-state index in [4.69, 9.17) is 9.90 Å². The number of hydrogen-bond acceptors (Lipinski definition) is 3. The van der Waals surface area contributed by atoms with Crippen LogP contribution in [0.25, 0.3) is 121 Å². The molecular formula is C99H75BN4O. The summed E-state index contributed by atoms with van der Waals surface area (Å²) in [5.41, 5.74) is 6.19. The minimum absolute atomic E-state index is 0.0992. The van der Waals surface area contributed by atoms with Crippen LogP contribution in [0.5, 0.6) is 0 Å². The summed E-state index contributed by atoms with van der Waals surface area (Å²) in [6.07, 6.45) is 0.0992. The summed E-state index contributed by atoms with van der Waals surface area (Å²) in [6, 6.07) is 48.4. The molecule has 0 fully saturated rings. The minimum atomic E-state index is -1.68. The first kappa shape index (κ1) is 43.3. The van der Waals surface area contributed by atoms with E-state index in [9.17, 15) is 24.7 Å². The molecule has 0 spiro atoms. The summed E-state index contributed by atoms with van der Waals surface area (Å²) < 4.78 is 230. The van der Waals surface area contributed by atoms with Gasteiger partial charge >= 0.3 is 0 Å². The van der Waals surface area contributed by atoms with Gasteiger partial charge in [-0.3, -0.25) is 0 Å². The fourth-order valence-electron chi connectivity index (χ4n) is 15.7. The maximum Gasteiger partial charge on any atom is 0.252 e. The van der Waals surface area contributed by atoms with Crippen molar-refractivity contribution in [2.75, 3.05) is 9.80 Å². The number of aromatic nitrogens is 2. The van der Waals surface area contributed by atoms with E-state index in [-0.39, 0.29) is 61.6 Å². The highest BCUT2D eigenvalue weighted by Gasteiger charge is 2.46. The lowest BCUT2D eigenvalue weighted by Gasteiger charge is -2.46. The predicted octanol–water partition coefficient (Wildman–Crippen LogP) is 24.7. The van der Waals surface area contributed by atoms with Gasteiger partial charge in [0.05, 0.1) is 63.6 Å². The molecule has 0 unspecified atom stereocenters. The molecule has 0 atom stereocenters. The van der Waals surface area contributed by atoms with E-state index in [2.05, 4.69) is 71.9 Å². The second kappa shape index (κ2) is 24.0. The molecule has 0 saturated heterocycles. The number of benzene rings is 15. The van der Waals surface area contributed by atoms with Crippen LogP contribution in [0.1, 0.15) is 94.0 Å². The smallest absolute Gasteiger partial charge is 0.252 e. The molecule has 0 saturated carbocycles. The molecule has 0 aliphatic carbocycles. The fourth-order valence-corrected chi connectivity index (χ4v) is 15.7. The molecule has 5 heterocycles. The Kier molecular flexibility index (Phi) is 9.90. The quantitative estimate of drug-likeness (QED) is 0.128. The third-order valence-corrected chi connectivity index (χ3v) is 20.7. The third-order valence-electron chi connectivity index (χ3n) is 20.7. The van der Waals surface area contributed by atoms with Crippen LogP contribution < -0.4 is 26.2 Å². The lowest BCUT2D eigenvalue weighted by atomic mass is 9.33. The normalized spacial score (nSPS) is 15.8. The number of para-hydroxylation sites is 5. The summed E-state index contributed by atoms with van der Waals surface area (Å²) in [5.74, 6) is 0. The molecule has 0 amide bonds. The minimum Gasteiger partial charge on any atom is -0.456 e. The van der Waals surface area contributed by atoms with Crippen LogP contribution in [0.4, 0.5) is 34.1 Å². The predicted molar refractivity (Wildman–Crippen MR) is 445 cm³/mol. The summed E-state index contributed by atoms with van der Waals surface area (Å²) in [5, 5.41) is 0.206. The molecule has 0 N–H and O–H groups in total. The standard InChI is InChI=1S/C99H75BN4O/c1-98(2,3)69-57-78(65-29-11-7-12-30-65)96(79(58-69)66-31-13-8-14-32-66)103-89-61-71(101-85-42-24-19-37-73(85)74-38-20-25-43-86(74)101)48-50-83(89)100-84-51-49-72(102-87-44-26-21-39-75(87)76-40-22-27-45-88(76)102)62-90(84)104(97-80(67-33-15-9-16-34-67)59-70(99(4,5)6)60-81(97)68-35-17-10-18-36-68)92-56-64(55-91(103)95(92)100)53-63-47-52-94-82(54-63)77-41-23-28-46-93(77)105-94/h7-52,54-62H,53H2,1-6H3/i19D,20D,21D,22D,24D,25D,26D,27D,37D,38D,39D,40D,42D,43D,44D,45D,48D,49D,50D,51D,61D,62D. The van der Waals surface area contributed by atoms with Crippen molar-refractivity contribution in [2.45, 2.75) is 58.8 Å². The molecular weight excluding hydrogens is 1270 g/mol. The van der Waals surface area contributed by atoms with Crippen molar-refractivity contribution in [1.82, 2.24) is 9.13 Å². The van der Waals surface area contributed by atoms with E-state index >= 15 is 0 Å². The van der Waals surface area contributed by atoms with Gasteiger partial charge in [0, 0.05) is 88.7 Å². The molecule has 500 valence electrons. The number of anilines is 6. The summed E-state index contributed by atoms with van der Waals surface area (Å²) in [4.78, 5) is 3.78. The van der Waals surface area contributed by atoms with Gasteiger partial charge in [0.1, 0.15) is 11.2 Å². The summed E-state index contributed by atoms with van der Waals surface area (Å²) in [6.45, 7) is 10.9. The highest BCUT2D eigenvalue weighted by Crippen LogP contribution is 2.55. The molecule has 105 heavy (non-hydrogen) atoms. The van der Waals surface area contributed by atoms with E-state index in [1.54, 1.807) is 0 Å². The number of hydrogen-bond donors (Lipinski definition) is 0. The van der Waals surface area contributed by atoms with Crippen molar-refractivity contribution in [3.63, 3.8) is 0 Å². The zero-order valence-electron chi connectivity index (χ0n) is 80.0. The van der Waals surface area contributed by atoms with Gasteiger partial charge in [0.15, 0.2) is 0 Å². The molecule has 5 nitrogen and oxygen atoms in total. The second-order valence-corrected chi connectivity index (χ2v) is 29.1. The topological polar surface area (TPSA) is 29.5 Å². The first-order valence-electron chi connectivity index (χ1n) is 46.1. The van der Waals surface area contributed by atoms with Crippen molar-refractivity contribution < 1.29 is 34.6 Å². The Bertz CT molecular complexity index is 7240. The molecule has 0 radical (unpaired) electrons. The Balaban J connectivity index is 1.06. The molecule has 6 heteroatoms. The van der Waals surface area contributed by atoms with Gasteiger partial charge in [-0.25, -0.2) is 0 Å². The van der Waals surface area contributed by atoms with Gasteiger partial charge in [-0.2, -0.15) is 0 Å². The van der Waals surface area contributed by atoms with Gasteiger partial charge in [-0.05, 0) is 181 Å². The van der Waals surface area contributed by atoms with Crippen LogP contribution in [-0.2, 0) is 17.3 Å². The molecule has 2 aliphatic rings. The zero-order chi connectivity index (χ0) is 89.5. The monoisotopic (exact) mass is 1370 g/mol. The van der Waals surface area contributed by atoms with Crippen LogP contribution in [-0.4, -0.2) is 15.8 Å². The Morgan fingerprint density at radius 1 is 0.333 bits per heavy atom. The summed E-state index contributed by atoms with van der Waals surface area (Å²) >= 11 is 0. The maximum atomic E-state index is 11.9. The van der Waals surface area contributed by atoms with Crippen LogP contribution in [0.2, 0.25) is 0 Å². The van der Waals surface area contributed by atoms with Crippen LogP contribution >= 0.6 is 0 Å². The Labute approximate surface area is 643 Å². The van der Waals surface area contributed by atoms with E-state index in [0.29, 0.717) is 78.1 Å². The van der Waals surface area contributed by atoms with Crippen molar-refractivity contribution >= 4 is 123 Å². The summed E-state index contributed by atoms with van der Waals surface area (Å²) in [7, 11) is 0. The van der Waals surface area contributed by atoms with E-state index < -0.39 is 184 Å². The van der Waals surface area contributed by atoms with E-state index in [0.717, 1.165) is 36.6 Å². The van der Waals surface area contributed by atoms with Crippen LogP contribution in [0, 0.1) is 0 Å². The van der Waals surface area contributed by atoms with Gasteiger partial charge in [0.2, 0.25) is 0 Å². The van der Waals surface area contributed by atoms with E-state index in [1.807, 2.05) is 180 Å². The van der Waals surface area contributed by atoms with Crippen molar-refractivity contribution in [2.24, 2.45) is 0 Å². The third kappa shape index (κ3) is 10.1. The number of fused-ring (bicyclic) bond motifs is 13. The Hall–Kier alpha value is -12.6. The van der Waals surface area contributed by atoms with Crippen LogP contribution in [0.15, 0.2) is 338 Å². The first-order valence-corrected chi connectivity index (χ1v) is 35.1. The Morgan fingerprint density at radius 2 is 0.695 bits per heavy atom. The number of rotatable bonds is 10. The van der Waals surface area contributed by atoms with Crippen molar-refractivity contribution in [3.8, 4) is 55.9 Å². The van der Waals surface area contributed by atoms with Crippen LogP contribution in [0.3, 0.4) is 0 Å². The molecule has 0 bridgehead atoms. The highest BCUT2D eigenvalue weighted by molar-refractivity contribution is 7.00. The largest absolute Gasteiger partial charge is 0.456 e. The van der Waals surface area contributed by atoms with E-state index in [1.165, 1.54) is 0 Å². The average molecular weight is 1370 g/mol.